The van der Waals surface area contributed by atoms with Crippen LogP contribution < -0.4 is 0 Å². The van der Waals surface area contributed by atoms with Crippen molar-refractivity contribution in [3.63, 3.8) is 0 Å². The molecule has 2 aromatic carbocycles. The van der Waals surface area contributed by atoms with E-state index in [1.54, 1.807) is 6.07 Å². The molecular weight excluding hydrogens is 269 g/mol. The average Bonchev–Trinajstić information content (AvgIpc) is 2.80. The summed E-state index contributed by atoms with van der Waals surface area (Å²) in [6.07, 6.45) is 1.04. The van der Waals surface area contributed by atoms with Gasteiger partial charge in [-0.15, -0.1) is 0 Å². The number of para-hydroxylation sites is 1. The van der Waals surface area contributed by atoms with E-state index in [0.29, 0.717) is 5.56 Å². The molecular formula is C17H14FNO2. The molecule has 1 aromatic heterocycles. The number of halogens is 1. The normalized spacial score (nSPS) is 12.2. The number of hydrogen-bond donors (Lipinski definition) is 1. The Labute approximate surface area is 120 Å². The van der Waals surface area contributed by atoms with Crippen molar-refractivity contribution in [1.29, 1.82) is 0 Å². The number of aryl methyl sites for hydroxylation is 1. The van der Waals surface area contributed by atoms with Crippen LogP contribution in [0, 0.1) is 0 Å². The average molecular weight is 283 g/mol. The molecule has 4 heteroatoms. The molecule has 3 aromatic rings. The SMILES string of the molecule is CCn1c2ccccc2c2cc(C=C(F)C(=O)O)ccc21. The van der Waals surface area contributed by atoms with Crippen LogP contribution in [0.4, 0.5) is 4.39 Å². The van der Waals surface area contributed by atoms with E-state index in [2.05, 4.69) is 11.5 Å². The van der Waals surface area contributed by atoms with Crippen LogP contribution in [0.5, 0.6) is 0 Å². The number of aromatic nitrogens is 1. The standard InChI is InChI=1S/C17H14FNO2/c1-2-19-15-6-4-3-5-12(15)13-9-11(7-8-16(13)19)10-14(18)17(20)21/h3-10H,2H2,1H3,(H,20,21). The van der Waals surface area contributed by atoms with Gasteiger partial charge in [-0.1, -0.05) is 24.3 Å². The third-order valence-electron chi connectivity index (χ3n) is 3.61. The highest BCUT2D eigenvalue weighted by Gasteiger charge is 2.10. The number of benzene rings is 2. The fourth-order valence-electron chi connectivity index (χ4n) is 2.71. The van der Waals surface area contributed by atoms with E-state index in [4.69, 9.17) is 5.11 Å². The number of carboxylic acid groups (broad SMARTS) is 1. The molecule has 0 radical (unpaired) electrons. The largest absolute Gasteiger partial charge is 0.476 e. The van der Waals surface area contributed by atoms with Gasteiger partial charge in [-0.05, 0) is 36.8 Å². The summed E-state index contributed by atoms with van der Waals surface area (Å²) in [4.78, 5) is 10.6. The molecule has 1 heterocycles. The minimum absolute atomic E-state index is 0.543. The summed E-state index contributed by atoms with van der Waals surface area (Å²) in [6.45, 7) is 2.91. The van der Waals surface area contributed by atoms with Gasteiger partial charge in [-0.3, -0.25) is 0 Å². The Bertz CT molecular complexity index is 877. The van der Waals surface area contributed by atoms with Crippen molar-refractivity contribution in [3.05, 3.63) is 53.9 Å². The zero-order valence-corrected chi connectivity index (χ0v) is 11.5. The van der Waals surface area contributed by atoms with Crippen LogP contribution in [0.25, 0.3) is 27.9 Å². The fraction of sp³-hybridized carbons (Fsp3) is 0.118. The van der Waals surface area contributed by atoms with Gasteiger partial charge in [0.25, 0.3) is 0 Å². The zero-order chi connectivity index (χ0) is 15.0. The summed E-state index contributed by atoms with van der Waals surface area (Å²) < 4.78 is 15.4. The molecule has 0 aliphatic rings. The Morgan fingerprint density at radius 1 is 1.19 bits per heavy atom. The maximum atomic E-state index is 13.3. The quantitative estimate of drug-likeness (QED) is 0.732. The van der Waals surface area contributed by atoms with Gasteiger partial charge in [0.15, 0.2) is 0 Å². The molecule has 0 bridgehead atoms. The Kier molecular flexibility index (Phi) is 3.22. The van der Waals surface area contributed by atoms with Crippen LogP contribution >= 0.6 is 0 Å². The summed E-state index contributed by atoms with van der Waals surface area (Å²) in [5.74, 6) is -2.71. The van der Waals surface area contributed by atoms with Crippen LogP contribution in [0.1, 0.15) is 12.5 Å². The van der Waals surface area contributed by atoms with Crippen molar-refractivity contribution in [3.8, 4) is 0 Å². The van der Waals surface area contributed by atoms with Gasteiger partial charge in [0, 0.05) is 28.4 Å². The van der Waals surface area contributed by atoms with E-state index in [0.717, 1.165) is 34.4 Å². The lowest BCUT2D eigenvalue weighted by Crippen LogP contribution is -1.94. The second kappa shape index (κ2) is 5.05. The number of fused-ring (bicyclic) bond motifs is 3. The van der Waals surface area contributed by atoms with E-state index in [1.807, 2.05) is 36.4 Å². The number of aliphatic carboxylic acids is 1. The van der Waals surface area contributed by atoms with E-state index in [1.165, 1.54) is 0 Å². The molecule has 0 spiro atoms. The summed E-state index contributed by atoms with van der Waals surface area (Å²) in [6, 6.07) is 13.5. The number of nitrogens with zero attached hydrogens (tertiary/aromatic N) is 1. The molecule has 0 unspecified atom stereocenters. The highest BCUT2D eigenvalue weighted by molar-refractivity contribution is 6.08. The molecule has 1 N–H and O–H groups in total. The van der Waals surface area contributed by atoms with Crippen molar-refractivity contribution in [2.45, 2.75) is 13.5 Å². The molecule has 0 fully saturated rings. The van der Waals surface area contributed by atoms with E-state index >= 15 is 0 Å². The van der Waals surface area contributed by atoms with Crippen molar-refractivity contribution in [2.75, 3.05) is 0 Å². The second-order valence-corrected chi connectivity index (χ2v) is 4.84. The predicted octanol–water partition coefficient (Wildman–Crippen LogP) is 4.21. The minimum atomic E-state index is -1.55. The number of rotatable bonds is 3. The van der Waals surface area contributed by atoms with Crippen LogP contribution in [0.3, 0.4) is 0 Å². The zero-order valence-electron chi connectivity index (χ0n) is 11.5. The first kappa shape index (κ1) is 13.4. The van der Waals surface area contributed by atoms with Crippen molar-refractivity contribution < 1.29 is 14.3 Å². The topological polar surface area (TPSA) is 42.2 Å². The third kappa shape index (κ3) is 2.18. The Balaban J connectivity index is 2.29. The molecule has 106 valence electrons. The fourth-order valence-corrected chi connectivity index (χ4v) is 2.71. The Morgan fingerprint density at radius 3 is 2.62 bits per heavy atom. The number of carbonyl (C=O) groups is 1. The number of hydrogen-bond acceptors (Lipinski definition) is 1. The van der Waals surface area contributed by atoms with Gasteiger partial charge in [-0.25, -0.2) is 4.79 Å². The number of carboxylic acids is 1. The van der Waals surface area contributed by atoms with Crippen LogP contribution in [-0.4, -0.2) is 15.6 Å². The van der Waals surface area contributed by atoms with Gasteiger partial charge in [-0.2, -0.15) is 4.39 Å². The summed E-state index contributed by atoms with van der Waals surface area (Å²) in [7, 11) is 0. The van der Waals surface area contributed by atoms with Crippen molar-refractivity contribution in [1.82, 2.24) is 4.57 Å². The first-order valence-electron chi connectivity index (χ1n) is 6.73. The van der Waals surface area contributed by atoms with Crippen molar-refractivity contribution >= 4 is 33.9 Å². The summed E-state index contributed by atoms with van der Waals surface area (Å²) in [5, 5.41) is 10.7. The van der Waals surface area contributed by atoms with E-state index in [-0.39, 0.29) is 0 Å². The van der Waals surface area contributed by atoms with Crippen LogP contribution in [-0.2, 0) is 11.3 Å². The highest BCUT2D eigenvalue weighted by atomic mass is 19.1. The molecule has 0 saturated carbocycles. The lowest BCUT2D eigenvalue weighted by molar-refractivity contribution is -0.134. The van der Waals surface area contributed by atoms with E-state index < -0.39 is 11.8 Å². The van der Waals surface area contributed by atoms with Crippen molar-refractivity contribution in [2.24, 2.45) is 0 Å². The monoisotopic (exact) mass is 283 g/mol. The molecule has 3 nitrogen and oxygen atoms in total. The summed E-state index contributed by atoms with van der Waals surface area (Å²) >= 11 is 0. The predicted molar refractivity (Wildman–Crippen MR) is 81.8 cm³/mol. The first-order chi connectivity index (χ1) is 10.1. The second-order valence-electron chi connectivity index (χ2n) is 4.84. The maximum Gasteiger partial charge on any atom is 0.364 e. The van der Waals surface area contributed by atoms with Gasteiger partial charge < -0.3 is 9.67 Å². The van der Waals surface area contributed by atoms with Gasteiger partial charge >= 0.3 is 5.97 Å². The van der Waals surface area contributed by atoms with Crippen LogP contribution in [0.2, 0.25) is 0 Å². The molecule has 0 amide bonds. The molecule has 3 rings (SSSR count). The van der Waals surface area contributed by atoms with Gasteiger partial charge in [0.2, 0.25) is 5.83 Å². The Morgan fingerprint density at radius 2 is 1.90 bits per heavy atom. The first-order valence-corrected chi connectivity index (χ1v) is 6.73. The minimum Gasteiger partial charge on any atom is -0.476 e. The molecule has 0 aliphatic carbocycles. The molecule has 0 atom stereocenters. The lowest BCUT2D eigenvalue weighted by atomic mass is 10.1. The molecule has 0 saturated heterocycles. The molecule has 21 heavy (non-hydrogen) atoms. The van der Waals surface area contributed by atoms with E-state index in [9.17, 15) is 9.18 Å². The van der Waals surface area contributed by atoms with Gasteiger partial charge in [0.1, 0.15) is 0 Å². The Hall–Kier alpha value is -2.62. The van der Waals surface area contributed by atoms with Crippen LogP contribution in [0.15, 0.2) is 48.3 Å². The maximum absolute atomic E-state index is 13.3. The third-order valence-corrected chi connectivity index (χ3v) is 3.61. The smallest absolute Gasteiger partial charge is 0.364 e. The lowest BCUT2D eigenvalue weighted by Gasteiger charge is -2.02. The highest BCUT2D eigenvalue weighted by Crippen LogP contribution is 2.30. The summed E-state index contributed by atoms with van der Waals surface area (Å²) in [5.41, 5.74) is 2.72. The van der Waals surface area contributed by atoms with Gasteiger partial charge in [0.05, 0.1) is 0 Å². The molecule has 0 aliphatic heterocycles.